The van der Waals surface area contributed by atoms with Crippen LogP contribution in [0.4, 0.5) is 11.4 Å². The van der Waals surface area contributed by atoms with Crippen molar-refractivity contribution in [2.45, 2.75) is 77.8 Å². The first-order valence-electron chi connectivity index (χ1n) is 24.3. The van der Waals surface area contributed by atoms with Gasteiger partial charge in [-0.2, -0.15) is 0 Å². The molecule has 8 nitrogen and oxygen atoms in total. The number of ether oxygens (including phenoxy) is 4. The van der Waals surface area contributed by atoms with Gasteiger partial charge in [0, 0.05) is 72.2 Å². The molecule has 0 saturated carbocycles. The molecule has 11 rings (SSSR count). The summed E-state index contributed by atoms with van der Waals surface area (Å²) < 4.78 is 28.0. The summed E-state index contributed by atoms with van der Waals surface area (Å²) in [5, 5.41) is 6.50. The minimum Gasteiger partial charge on any atom is -0.488 e. The second kappa shape index (κ2) is 21.9. The van der Waals surface area contributed by atoms with Gasteiger partial charge in [-0.05, 0) is 81.6 Å². The van der Waals surface area contributed by atoms with Crippen molar-refractivity contribution >= 4 is 23.2 Å². The maximum atomic E-state index is 13.8. The summed E-state index contributed by atoms with van der Waals surface area (Å²) in [5.74, 6) is 2.77. The summed E-state index contributed by atoms with van der Waals surface area (Å²) in [6.07, 6.45) is 3.41. The molecule has 0 aromatic heterocycles. The van der Waals surface area contributed by atoms with Gasteiger partial charge in [0.15, 0.2) is 0 Å². The predicted molar refractivity (Wildman–Crippen MR) is 276 cm³/mol. The Balaban J connectivity index is 1.21. The topological polar surface area (TPSA) is 95.1 Å². The zero-order valence-corrected chi connectivity index (χ0v) is 39.3. The highest BCUT2D eigenvalue weighted by Gasteiger charge is 2.25. The highest BCUT2D eigenvalue weighted by atomic mass is 16.5. The average Bonchev–Trinajstić information content (AvgIpc) is 3.37. The van der Waals surface area contributed by atoms with Crippen LogP contribution in [0.15, 0.2) is 182 Å². The normalized spacial score (nSPS) is 13.5. The Morgan fingerprint density at radius 3 is 0.843 bits per heavy atom. The van der Waals surface area contributed by atoms with Crippen LogP contribution < -0.4 is 29.6 Å². The van der Waals surface area contributed by atoms with Crippen LogP contribution in [0.2, 0.25) is 0 Å². The van der Waals surface area contributed by atoms with Gasteiger partial charge in [-0.3, -0.25) is 9.59 Å². The molecule has 8 heteroatoms. The van der Waals surface area contributed by atoms with E-state index in [1.54, 1.807) is 0 Å². The molecule has 2 N–H and O–H groups in total. The fraction of sp³-hybridized carbons (Fsp3) is 0.194. The standard InChI is InChI=1S/C62H56N2O6/c65-57-29-13-14-30-58(66)64-56-36-52-32-48-26-15-25-47(59(48)67-39-43-17-5-1-6-18-43)31-51-35-55(63-57)37-53(61(51)69-41-45-21-9-3-10-22-45)33-49-27-16-28-50(60(49)68-40-44-19-7-2-8-20-44)34-54(38-56)62(52)70-42-46-23-11-4-12-24-46/h1-12,15-28,35-38H,13-14,29-34,39-42H2,(H,63,65)(H,64,66). The maximum Gasteiger partial charge on any atom is 0.224 e. The van der Waals surface area contributed by atoms with Crippen molar-refractivity contribution in [2.24, 2.45) is 0 Å². The number of hydrogen-bond acceptors (Lipinski definition) is 6. The van der Waals surface area contributed by atoms with Crippen molar-refractivity contribution < 1.29 is 28.5 Å². The fourth-order valence-electron chi connectivity index (χ4n) is 9.51. The second-order valence-corrected chi connectivity index (χ2v) is 18.2. The molecular weight excluding hydrogens is 869 g/mol. The molecule has 0 atom stereocenters. The molecule has 0 saturated heterocycles. The highest BCUT2D eigenvalue weighted by Crippen LogP contribution is 2.42. The van der Waals surface area contributed by atoms with Crippen LogP contribution in [0.3, 0.4) is 0 Å². The summed E-state index contributed by atoms with van der Waals surface area (Å²) in [4.78, 5) is 27.6. The molecule has 0 spiro atoms. The number of carbonyl (C=O) groups is 2. The molecule has 0 fully saturated rings. The smallest absolute Gasteiger partial charge is 0.224 e. The number of rotatable bonds is 12. The van der Waals surface area contributed by atoms with E-state index in [9.17, 15) is 9.59 Å². The maximum absolute atomic E-state index is 13.8. The molecule has 2 heterocycles. The Bertz CT molecular complexity index is 2780. The fourth-order valence-corrected chi connectivity index (χ4v) is 9.51. The van der Waals surface area contributed by atoms with Gasteiger partial charge in [-0.15, -0.1) is 0 Å². The molecule has 8 aromatic rings. The van der Waals surface area contributed by atoms with Crippen LogP contribution in [0.1, 0.15) is 92.4 Å². The Morgan fingerprint density at radius 2 is 0.571 bits per heavy atom. The number of benzene rings is 8. The predicted octanol–water partition coefficient (Wildman–Crippen LogP) is 13.1. The largest absolute Gasteiger partial charge is 0.488 e. The summed E-state index contributed by atoms with van der Waals surface area (Å²) >= 11 is 0. The molecule has 2 amide bonds. The van der Waals surface area contributed by atoms with Crippen molar-refractivity contribution in [1.82, 2.24) is 0 Å². The third kappa shape index (κ3) is 11.4. The van der Waals surface area contributed by atoms with E-state index in [0.717, 1.165) is 89.8 Å². The second-order valence-electron chi connectivity index (χ2n) is 18.2. The van der Waals surface area contributed by atoms with E-state index in [0.29, 0.717) is 76.3 Å². The van der Waals surface area contributed by atoms with E-state index in [-0.39, 0.29) is 24.7 Å². The highest BCUT2D eigenvalue weighted by molar-refractivity contribution is 5.92. The number of fused-ring (bicyclic) bond motifs is 7. The molecule has 2 aliphatic heterocycles. The minimum absolute atomic E-state index is 0.116. The van der Waals surface area contributed by atoms with Crippen LogP contribution >= 0.6 is 0 Å². The first-order valence-corrected chi connectivity index (χ1v) is 24.3. The number of nitrogens with one attached hydrogen (secondary N) is 2. The molecule has 0 unspecified atom stereocenters. The molecule has 8 aromatic carbocycles. The van der Waals surface area contributed by atoms with Gasteiger partial charge >= 0.3 is 0 Å². The lowest BCUT2D eigenvalue weighted by Gasteiger charge is -2.24. The number of hydrogen-bond donors (Lipinski definition) is 2. The van der Waals surface area contributed by atoms with Crippen molar-refractivity contribution in [3.05, 3.63) is 249 Å². The third-order valence-electron chi connectivity index (χ3n) is 12.9. The lowest BCUT2D eigenvalue weighted by molar-refractivity contribution is -0.118. The Morgan fingerprint density at radius 1 is 0.314 bits per heavy atom. The first-order chi connectivity index (χ1) is 34.5. The first kappa shape index (κ1) is 45.7. The van der Waals surface area contributed by atoms with E-state index in [2.05, 4.69) is 120 Å². The Hall–Kier alpha value is -8.10. The van der Waals surface area contributed by atoms with Crippen LogP contribution in [-0.2, 0) is 61.7 Å². The monoisotopic (exact) mass is 924 g/mol. The molecule has 350 valence electrons. The van der Waals surface area contributed by atoms with Crippen LogP contribution in [-0.4, -0.2) is 11.8 Å². The molecule has 10 bridgehead atoms. The summed E-state index contributed by atoms with van der Waals surface area (Å²) in [6, 6.07) is 61.6. The van der Waals surface area contributed by atoms with Gasteiger partial charge in [-0.25, -0.2) is 0 Å². The summed E-state index contributed by atoms with van der Waals surface area (Å²) in [5.41, 5.74) is 13.0. The Labute approximate surface area is 410 Å². The molecule has 1 aliphatic carbocycles. The molecule has 70 heavy (non-hydrogen) atoms. The lowest BCUT2D eigenvalue weighted by atomic mass is 9.90. The van der Waals surface area contributed by atoms with Gasteiger partial charge in [0.25, 0.3) is 0 Å². The van der Waals surface area contributed by atoms with Crippen molar-refractivity contribution in [1.29, 1.82) is 0 Å². The van der Waals surface area contributed by atoms with Crippen molar-refractivity contribution in [2.75, 3.05) is 10.6 Å². The van der Waals surface area contributed by atoms with Gasteiger partial charge in [0.2, 0.25) is 11.8 Å². The third-order valence-corrected chi connectivity index (χ3v) is 12.9. The van der Waals surface area contributed by atoms with E-state index < -0.39 is 0 Å². The van der Waals surface area contributed by atoms with Crippen molar-refractivity contribution in [3.8, 4) is 23.0 Å². The van der Waals surface area contributed by atoms with E-state index in [4.69, 9.17) is 18.9 Å². The molecular formula is C62H56N2O6. The zero-order valence-electron chi connectivity index (χ0n) is 39.3. The average molecular weight is 925 g/mol. The van der Waals surface area contributed by atoms with E-state index in [1.165, 1.54) is 0 Å². The van der Waals surface area contributed by atoms with Gasteiger partial charge < -0.3 is 29.6 Å². The van der Waals surface area contributed by atoms with E-state index >= 15 is 0 Å². The summed E-state index contributed by atoms with van der Waals surface area (Å²) in [6.45, 7) is 1.39. The van der Waals surface area contributed by atoms with Gasteiger partial charge in [0.1, 0.15) is 49.4 Å². The van der Waals surface area contributed by atoms with Crippen molar-refractivity contribution in [3.63, 3.8) is 0 Å². The van der Waals surface area contributed by atoms with E-state index in [1.807, 2.05) is 72.8 Å². The summed E-state index contributed by atoms with van der Waals surface area (Å²) in [7, 11) is 0. The van der Waals surface area contributed by atoms with Gasteiger partial charge in [-0.1, -0.05) is 158 Å². The quantitative estimate of drug-likeness (QED) is 0.127. The zero-order chi connectivity index (χ0) is 47.5. The van der Waals surface area contributed by atoms with Crippen LogP contribution in [0, 0.1) is 0 Å². The number of anilines is 2. The number of carbonyl (C=O) groups excluding carboxylic acids is 2. The lowest BCUT2D eigenvalue weighted by Crippen LogP contribution is -2.14. The number of amides is 2. The SMILES string of the molecule is O=C1CCCCC(=O)Nc2cc3c(OCc4ccccc4)c(c2)Cc2cccc(c2OCc2ccccc2)Cc2cc(cc(c2OCc2ccccc2)Cc2cccc(c2OCc2ccccc2)C3)N1. The van der Waals surface area contributed by atoms with Crippen LogP contribution in [0.5, 0.6) is 23.0 Å². The Kier molecular flexibility index (Phi) is 14.3. The minimum atomic E-state index is -0.116. The van der Waals surface area contributed by atoms with Crippen LogP contribution in [0.25, 0.3) is 0 Å². The molecule has 3 aliphatic rings. The molecule has 0 radical (unpaired) electrons. The van der Waals surface area contributed by atoms with Gasteiger partial charge in [0.05, 0.1) is 0 Å². The number of para-hydroxylation sites is 2.